The molecule has 7 heteroatoms. The van der Waals surface area contributed by atoms with Gasteiger partial charge in [0.15, 0.2) is 0 Å². The second-order valence-electron chi connectivity index (χ2n) is 5.85. The van der Waals surface area contributed by atoms with Crippen LogP contribution >= 0.6 is 11.3 Å². The molecule has 0 aromatic carbocycles. The second-order valence-corrected chi connectivity index (χ2v) is 6.63. The zero-order chi connectivity index (χ0) is 16.2. The van der Waals surface area contributed by atoms with E-state index in [1.54, 1.807) is 11.3 Å². The van der Waals surface area contributed by atoms with Crippen LogP contribution < -0.4 is 15.8 Å². The van der Waals surface area contributed by atoms with Crippen molar-refractivity contribution in [2.24, 2.45) is 0 Å². The molecule has 6 nitrogen and oxygen atoms in total. The number of hydrogen-bond donors (Lipinski definition) is 2. The number of aromatic nitrogens is 2. The molecule has 3 heterocycles. The summed E-state index contributed by atoms with van der Waals surface area (Å²) >= 11 is 1.61. The van der Waals surface area contributed by atoms with E-state index < -0.39 is 0 Å². The fraction of sp³-hybridized carbons (Fsp3) is 0.438. The van der Waals surface area contributed by atoms with Gasteiger partial charge in [-0.15, -0.1) is 0 Å². The first-order valence-corrected chi connectivity index (χ1v) is 8.68. The van der Waals surface area contributed by atoms with E-state index in [1.165, 1.54) is 6.07 Å². The van der Waals surface area contributed by atoms with Crippen LogP contribution in [0, 0.1) is 6.92 Å². The summed E-state index contributed by atoms with van der Waals surface area (Å²) < 4.78 is 0. The molecule has 122 valence electrons. The maximum atomic E-state index is 12.0. The molecular weight excluding hydrogens is 312 g/mol. The predicted molar refractivity (Wildman–Crippen MR) is 91.0 cm³/mol. The smallest absolute Gasteiger partial charge is 0.252 e. The maximum absolute atomic E-state index is 12.0. The molecule has 1 fully saturated rings. The number of hydrogen-bond acceptors (Lipinski definition) is 5. The molecule has 2 N–H and O–H groups in total. The first kappa shape index (κ1) is 15.7. The number of aromatic amines is 1. The lowest BCUT2D eigenvalue weighted by atomic mass is 10.0. The zero-order valence-corrected chi connectivity index (χ0v) is 13.9. The van der Waals surface area contributed by atoms with E-state index in [0.717, 1.165) is 37.2 Å². The first-order chi connectivity index (χ1) is 11.1. The minimum Gasteiger partial charge on any atom is -0.353 e. The Morgan fingerprint density at radius 1 is 1.48 bits per heavy atom. The van der Waals surface area contributed by atoms with Crippen molar-refractivity contribution in [2.75, 3.05) is 18.0 Å². The van der Waals surface area contributed by atoms with E-state index >= 15 is 0 Å². The molecule has 0 spiro atoms. The van der Waals surface area contributed by atoms with Crippen molar-refractivity contribution < 1.29 is 4.79 Å². The average molecular weight is 332 g/mol. The number of carbonyl (C=O) groups is 1. The molecule has 1 saturated heterocycles. The molecule has 0 bridgehead atoms. The van der Waals surface area contributed by atoms with Crippen LogP contribution in [-0.2, 0) is 11.2 Å². The maximum Gasteiger partial charge on any atom is 0.252 e. The number of carbonyl (C=O) groups excluding carboxylic acids is 1. The van der Waals surface area contributed by atoms with Gasteiger partial charge in [0, 0.05) is 30.9 Å². The minimum atomic E-state index is -0.126. The van der Waals surface area contributed by atoms with Crippen LogP contribution in [0.3, 0.4) is 0 Å². The summed E-state index contributed by atoms with van der Waals surface area (Å²) in [5.74, 6) is 0.696. The number of piperidine rings is 1. The fourth-order valence-electron chi connectivity index (χ4n) is 2.81. The quantitative estimate of drug-likeness (QED) is 0.889. The van der Waals surface area contributed by atoms with Gasteiger partial charge in [-0.2, -0.15) is 11.3 Å². The van der Waals surface area contributed by atoms with Gasteiger partial charge in [-0.05, 0) is 42.2 Å². The Morgan fingerprint density at radius 2 is 2.26 bits per heavy atom. The Morgan fingerprint density at radius 3 is 2.91 bits per heavy atom. The summed E-state index contributed by atoms with van der Waals surface area (Å²) in [5.41, 5.74) is 1.65. The highest BCUT2D eigenvalue weighted by Crippen LogP contribution is 2.15. The molecule has 0 aliphatic carbocycles. The summed E-state index contributed by atoms with van der Waals surface area (Å²) in [6.07, 6.45) is 2.15. The summed E-state index contributed by atoms with van der Waals surface area (Å²) in [7, 11) is 0. The Labute approximate surface area is 138 Å². The van der Waals surface area contributed by atoms with Gasteiger partial charge < -0.3 is 10.2 Å². The van der Waals surface area contributed by atoms with Crippen LogP contribution in [0.4, 0.5) is 5.95 Å². The molecule has 2 aromatic heterocycles. The lowest BCUT2D eigenvalue weighted by Gasteiger charge is -2.32. The molecule has 0 saturated carbocycles. The standard InChI is InChI=1S/C16H20N4O2S/c1-11-8-14(21)19-16(17-11)20-5-2-13(3-6-20)18-15(22)9-12-4-7-23-10-12/h4,7-8,10,13H,2-3,5-6,9H2,1H3,(H,18,22)(H,17,19,21). The van der Waals surface area contributed by atoms with Crippen LogP contribution in [0.1, 0.15) is 24.1 Å². The van der Waals surface area contributed by atoms with Crippen LogP contribution in [0.25, 0.3) is 0 Å². The summed E-state index contributed by atoms with van der Waals surface area (Å²) in [6.45, 7) is 3.36. The van der Waals surface area contributed by atoms with Gasteiger partial charge in [0.2, 0.25) is 11.9 Å². The molecule has 0 unspecified atom stereocenters. The first-order valence-electron chi connectivity index (χ1n) is 7.73. The fourth-order valence-corrected chi connectivity index (χ4v) is 3.47. The molecule has 2 aromatic rings. The van der Waals surface area contributed by atoms with Gasteiger partial charge in [-0.25, -0.2) is 4.98 Å². The van der Waals surface area contributed by atoms with Crippen molar-refractivity contribution in [1.29, 1.82) is 0 Å². The van der Waals surface area contributed by atoms with Crippen molar-refractivity contribution in [3.8, 4) is 0 Å². The Balaban J connectivity index is 1.52. The number of nitrogens with one attached hydrogen (secondary N) is 2. The van der Waals surface area contributed by atoms with Crippen molar-refractivity contribution in [3.63, 3.8) is 0 Å². The Kier molecular flexibility index (Phi) is 4.76. The van der Waals surface area contributed by atoms with Gasteiger partial charge in [-0.1, -0.05) is 0 Å². The highest BCUT2D eigenvalue weighted by molar-refractivity contribution is 7.07. The van der Waals surface area contributed by atoms with Crippen molar-refractivity contribution in [3.05, 3.63) is 44.5 Å². The van der Waals surface area contributed by atoms with Gasteiger partial charge in [0.25, 0.3) is 5.56 Å². The number of thiophene rings is 1. The molecule has 1 aliphatic rings. The average Bonchev–Trinajstić information content (AvgIpc) is 2.99. The second kappa shape index (κ2) is 6.95. The Hall–Kier alpha value is -2.15. The van der Waals surface area contributed by atoms with Gasteiger partial charge in [0.05, 0.1) is 6.42 Å². The molecule has 1 amide bonds. The molecule has 0 atom stereocenters. The predicted octanol–water partition coefficient (Wildman–Crippen LogP) is 1.47. The number of nitrogens with zero attached hydrogens (tertiary/aromatic N) is 2. The van der Waals surface area contributed by atoms with Crippen LogP contribution in [0.5, 0.6) is 0 Å². The monoisotopic (exact) mass is 332 g/mol. The molecular formula is C16H20N4O2S. The normalized spacial score (nSPS) is 15.6. The number of aryl methyl sites for hydroxylation is 1. The van der Waals surface area contributed by atoms with E-state index in [-0.39, 0.29) is 17.5 Å². The topological polar surface area (TPSA) is 78.1 Å². The number of amides is 1. The largest absolute Gasteiger partial charge is 0.353 e. The third kappa shape index (κ3) is 4.19. The molecule has 1 aliphatic heterocycles. The van der Waals surface area contributed by atoms with Crippen LogP contribution in [0.15, 0.2) is 27.7 Å². The van der Waals surface area contributed by atoms with E-state index in [9.17, 15) is 9.59 Å². The summed E-state index contributed by atoms with van der Waals surface area (Å²) in [6, 6.07) is 3.65. The molecule has 3 rings (SSSR count). The molecule has 23 heavy (non-hydrogen) atoms. The van der Waals surface area contributed by atoms with E-state index in [0.29, 0.717) is 12.4 Å². The molecule has 0 radical (unpaired) electrons. The zero-order valence-electron chi connectivity index (χ0n) is 13.0. The van der Waals surface area contributed by atoms with Crippen molar-refractivity contribution >= 4 is 23.2 Å². The third-order valence-electron chi connectivity index (χ3n) is 3.96. The lowest BCUT2D eigenvalue weighted by Crippen LogP contribution is -2.45. The van der Waals surface area contributed by atoms with Crippen molar-refractivity contribution in [1.82, 2.24) is 15.3 Å². The summed E-state index contributed by atoms with van der Waals surface area (Å²) in [5, 5.41) is 7.08. The van der Waals surface area contributed by atoms with Crippen LogP contribution in [-0.4, -0.2) is 35.0 Å². The highest BCUT2D eigenvalue weighted by atomic mass is 32.1. The van der Waals surface area contributed by atoms with Gasteiger partial charge in [0.1, 0.15) is 0 Å². The minimum absolute atomic E-state index is 0.0731. The third-order valence-corrected chi connectivity index (χ3v) is 4.69. The number of rotatable bonds is 4. The highest BCUT2D eigenvalue weighted by Gasteiger charge is 2.22. The Bertz CT molecular complexity index is 718. The van der Waals surface area contributed by atoms with Crippen LogP contribution in [0.2, 0.25) is 0 Å². The SMILES string of the molecule is Cc1cc(=O)[nH]c(N2CCC(NC(=O)Cc3ccsc3)CC2)n1. The summed E-state index contributed by atoms with van der Waals surface area (Å²) in [4.78, 5) is 32.8. The van der Waals surface area contributed by atoms with Gasteiger partial charge >= 0.3 is 0 Å². The van der Waals surface area contributed by atoms with Gasteiger partial charge in [-0.3, -0.25) is 14.6 Å². The van der Waals surface area contributed by atoms with E-state index in [4.69, 9.17) is 0 Å². The van der Waals surface area contributed by atoms with E-state index in [2.05, 4.69) is 20.2 Å². The number of anilines is 1. The van der Waals surface area contributed by atoms with Crippen molar-refractivity contribution in [2.45, 2.75) is 32.2 Å². The lowest BCUT2D eigenvalue weighted by molar-refractivity contribution is -0.121. The number of H-pyrrole nitrogens is 1. The van der Waals surface area contributed by atoms with E-state index in [1.807, 2.05) is 23.8 Å².